The second-order valence-electron chi connectivity index (χ2n) is 5.56. The van der Waals surface area contributed by atoms with E-state index in [0.717, 1.165) is 31.5 Å². The molecule has 0 aliphatic carbocycles. The van der Waals surface area contributed by atoms with Crippen LogP contribution in [0.1, 0.15) is 32.6 Å². The maximum atomic E-state index is 11.4. The third-order valence-electron chi connectivity index (χ3n) is 4.53. The highest BCUT2D eigenvalue weighted by Crippen LogP contribution is 2.30. The first-order valence-electron chi connectivity index (χ1n) is 6.87. The highest BCUT2D eigenvalue weighted by atomic mass is 16.1. The van der Waals surface area contributed by atoms with Crippen LogP contribution in [0, 0.1) is 5.92 Å². The lowest BCUT2D eigenvalue weighted by Crippen LogP contribution is -2.56. The second-order valence-corrected chi connectivity index (χ2v) is 5.56. The lowest BCUT2D eigenvalue weighted by atomic mass is 9.83. The molecule has 0 radical (unpaired) electrons. The summed E-state index contributed by atoms with van der Waals surface area (Å²) >= 11 is 0. The van der Waals surface area contributed by atoms with Gasteiger partial charge in [0, 0.05) is 19.1 Å². The molecule has 17 heavy (non-hydrogen) atoms. The van der Waals surface area contributed by atoms with Crippen molar-refractivity contribution >= 4 is 5.91 Å². The van der Waals surface area contributed by atoms with E-state index < -0.39 is 0 Å². The van der Waals surface area contributed by atoms with Crippen molar-refractivity contribution in [2.45, 2.75) is 44.7 Å². The Balaban J connectivity index is 1.99. The Morgan fingerprint density at radius 3 is 2.82 bits per heavy atom. The van der Waals surface area contributed by atoms with E-state index >= 15 is 0 Å². The molecular weight excluding hydrogens is 214 g/mol. The van der Waals surface area contributed by atoms with Gasteiger partial charge in [-0.3, -0.25) is 9.69 Å². The largest absolute Gasteiger partial charge is 0.368 e. The molecule has 0 aromatic heterocycles. The quantitative estimate of drug-likeness (QED) is 0.787. The number of fused-ring (bicyclic) bond motifs is 1. The number of hydrogen-bond donors (Lipinski definition) is 1. The van der Waals surface area contributed by atoms with Crippen LogP contribution in [0.2, 0.25) is 0 Å². The number of hydrogen-bond acceptors (Lipinski definition) is 3. The maximum Gasteiger partial charge on any atom is 0.234 e. The molecule has 2 saturated heterocycles. The molecule has 4 heteroatoms. The first-order valence-corrected chi connectivity index (χ1v) is 6.87. The van der Waals surface area contributed by atoms with E-state index in [4.69, 9.17) is 5.73 Å². The Bertz CT molecular complexity index is 282. The van der Waals surface area contributed by atoms with Gasteiger partial charge >= 0.3 is 0 Å². The van der Waals surface area contributed by atoms with E-state index in [9.17, 15) is 4.79 Å². The minimum atomic E-state index is -0.157. The van der Waals surface area contributed by atoms with Gasteiger partial charge in [0.15, 0.2) is 0 Å². The van der Waals surface area contributed by atoms with Crippen LogP contribution in [0.5, 0.6) is 0 Å². The molecule has 0 aromatic rings. The Labute approximate surface area is 104 Å². The molecule has 1 amide bonds. The zero-order valence-corrected chi connectivity index (χ0v) is 11.1. The molecule has 98 valence electrons. The van der Waals surface area contributed by atoms with E-state index in [1.807, 2.05) is 0 Å². The van der Waals surface area contributed by atoms with Crippen LogP contribution in [0.3, 0.4) is 0 Å². The highest BCUT2D eigenvalue weighted by molar-refractivity contribution is 5.79. The molecule has 2 heterocycles. The molecule has 2 fully saturated rings. The predicted molar refractivity (Wildman–Crippen MR) is 68.6 cm³/mol. The zero-order valence-electron chi connectivity index (χ0n) is 11.1. The number of nitrogens with two attached hydrogens (primary N) is 1. The van der Waals surface area contributed by atoms with Gasteiger partial charge < -0.3 is 10.6 Å². The minimum Gasteiger partial charge on any atom is -0.368 e. The number of likely N-dealkylation sites (tertiary alicyclic amines) is 2. The lowest BCUT2D eigenvalue weighted by Gasteiger charge is -2.47. The predicted octanol–water partition coefficient (Wildman–Crippen LogP) is 0.666. The highest BCUT2D eigenvalue weighted by Gasteiger charge is 2.36. The zero-order chi connectivity index (χ0) is 12.4. The molecule has 0 bridgehead atoms. The van der Waals surface area contributed by atoms with Crippen molar-refractivity contribution in [3.63, 3.8) is 0 Å². The number of amides is 1. The topological polar surface area (TPSA) is 49.6 Å². The lowest BCUT2D eigenvalue weighted by molar-refractivity contribution is -0.124. The summed E-state index contributed by atoms with van der Waals surface area (Å²) in [4.78, 5) is 16.2. The van der Waals surface area contributed by atoms with Gasteiger partial charge in [-0.2, -0.15) is 0 Å². The summed E-state index contributed by atoms with van der Waals surface area (Å²) in [5.74, 6) is 0.575. The molecular formula is C13H25N3O. The van der Waals surface area contributed by atoms with Crippen molar-refractivity contribution in [2.75, 3.05) is 26.7 Å². The second kappa shape index (κ2) is 5.36. The first kappa shape index (κ1) is 12.8. The van der Waals surface area contributed by atoms with Crippen LogP contribution in [0.15, 0.2) is 0 Å². The van der Waals surface area contributed by atoms with E-state index in [2.05, 4.69) is 23.8 Å². The molecule has 3 unspecified atom stereocenters. The van der Waals surface area contributed by atoms with E-state index in [0.29, 0.717) is 0 Å². The molecule has 4 nitrogen and oxygen atoms in total. The average Bonchev–Trinajstić information content (AvgIpc) is 2.29. The third-order valence-corrected chi connectivity index (χ3v) is 4.53. The fourth-order valence-corrected chi connectivity index (χ4v) is 3.60. The summed E-state index contributed by atoms with van der Waals surface area (Å²) in [5, 5.41) is 0. The standard InChI is InChI=1S/C13H25N3O/c1-3-11(13(14)17)16-8-6-12-10(9-16)5-4-7-15(12)2/h10-12H,3-9H2,1-2H3,(H2,14,17). The van der Waals surface area contributed by atoms with Gasteiger partial charge in [-0.25, -0.2) is 0 Å². The molecule has 3 atom stereocenters. The molecule has 2 rings (SSSR count). The van der Waals surface area contributed by atoms with Crippen LogP contribution in [0.25, 0.3) is 0 Å². The third kappa shape index (κ3) is 2.63. The van der Waals surface area contributed by atoms with Crippen LogP contribution in [0.4, 0.5) is 0 Å². The van der Waals surface area contributed by atoms with Gasteiger partial charge in [0.25, 0.3) is 0 Å². The fraction of sp³-hybridized carbons (Fsp3) is 0.923. The number of primary amides is 1. The van der Waals surface area contributed by atoms with Gasteiger partial charge in [0.1, 0.15) is 0 Å². The Kier molecular flexibility index (Phi) is 4.05. The van der Waals surface area contributed by atoms with Gasteiger partial charge in [-0.15, -0.1) is 0 Å². The minimum absolute atomic E-state index is 0.0526. The van der Waals surface area contributed by atoms with Crippen molar-refractivity contribution in [1.29, 1.82) is 0 Å². The van der Waals surface area contributed by atoms with E-state index in [1.54, 1.807) is 0 Å². The summed E-state index contributed by atoms with van der Waals surface area (Å²) in [5.41, 5.74) is 5.48. The molecule has 2 N–H and O–H groups in total. The number of nitrogens with zero attached hydrogens (tertiary/aromatic N) is 2. The summed E-state index contributed by atoms with van der Waals surface area (Å²) < 4.78 is 0. The van der Waals surface area contributed by atoms with Crippen molar-refractivity contribution in [3.8, 4) is 0 Å². The normalized spacial score (nSPS) is 33.1. The van der Waals surface area contributed by atoms with Crippen molar-refractivity contribution < 1.29 is 4.79 Å². The SMILES string of the molecule is CCC(C(N)=O)N1CCC2C(CCCN2C)C1. The molecule has 0 spiro atoms. The Hall–Kier alpha value is -0.610. The maximum absolute atomic E-state index is 11.4. The molecule has 0 aromatic carbocycles. The number of carbonyl (C=O) groups is 1. The first-order chi connectivity index (χ1) is 8.13. The molecule has 2 aliphatic heterocycles. The Morgan fingerprint density at radius 1 is 1.41 bits per heavy atom. The number of piperidine rings is 2. The summed E-state index contributed by atoms with van der Waals surface area (Å²) in [7, 11) is 2.23. The average molecular weight is 239 g/mol. The van der Waals surface area contributed by atoms with Crippen molar-refractivity contribution in [1.82, 2.24) is 9.80 Å². The van der Waals surface area contributed by atoms with Crippen LogP contribution >= 0.6 is 0 Å². The molecule has 2 aliphatic rings. The van der Waals surface area contributed by atoms with Gasteiger partial charge in [0.2, 0.25) is 5.91 Å². The van der Waals surface area contributed by atoms with Crippen LogP contribution < -0.4 is 5.73 Å². The van der Waals surface area contributed by atoms with Gasteiger partial charge in [0.05, 0.1) is 6.04 Å². The summed E-state index contributed by atoms with van der Waals surface area (Å²) in [6, 6.07) is 0.675. The summed E-state index contributed by atoms with van der Waals surface area (Å²) in [6.45, 7) is 5.35. The van der Waals surface area contributed by atoms with Crippen molar-refractivity contribution in [3.05, 3.63) is 0 Å². The van der Waals surface area contributed by atoms with Crippen molar-refractivity contribution in [2.24, 2.45) is 11.7 Å². The van der Waals surface area contributed by atoms with E-state index in [1.165, 1.54) is 25.8 Å². The van der Waals surface area contributed by atoms with Gasteiger partial charge in [-0.05, 0) is 45.2 Å². The van der Waals surface area contributed by atoms with E-state index in [-0.39, 0.29) is 11.9 Å². The number of rotatable bonds is 3. The van der Waals surface area contributed by atoms with Crippen LogP contribution in [-0.2, 0) is 4.79 Å². The summed E-state index contributed by atoms with van der Waals surface area (Å²) in [6.07, 6.45) is 4.62. The fourth-order valence-electron chi connectivity index (χ4n) is 3.60. The smallest absolute Gasteiger partial charge is 0.234 e. The van der Waals surface area contributed by atoms with Crippen LogP contribution in [-0.4, -0.2) is 54.5 Å². The number of carbonyl (C=O) groups excluding carboxylic acids is 1. The molecule has 0 saturated carbocycles. The monoisotopic (exact) mass is 239 g/mol. The Morgan fingerprint density at radius 2 is 2.18 bits per heavy atom. The van der Waals surface area contributed by atoms with Gasteiger partial charge in [-0.1, -0.05) is 6.92 Å².